The number of hydrogen-bond donors (Lipinski definition) is 0. The van der Waals surface area contributed by atoms with E-state index in [1.54, 1.807) is 0 Å². The minimum Gasteiger partial charge on any atom is -0.287 e. The van der Waals surface area contributed by atoms with Crippen molar-refractivity contribution in [3.05, 3.63) is 145 Å². The average molecular weight is 491 g/mol. The number of pyridine rings is 2. The molecule has 0 amide bonds. The van der Waals surface area contributed by atoms with E-state index in [2.05, 4.69) is 114 Å². The van der Waals surface area contributed by atoms with Crippen LogP contribution in [0.15, 0.2) is 134 Å². The molecule has 3 nitrogen and oxygen atoms in total. The Kier molecular flexibility index (Phi) is 5.41. The maximum Gasteiger partial charge on any atom is 0.228 e. The Bertz CT molecular complexity index is 1890. The lowest BCUT2D eigenvalue weighted by Gasteiger charge is -2.12. The third kappa shape index (κ3) is 3.99. The molecule has 0 fully saturated rings. The molecule has 0 aliphatic heterocycles. The van der Waals surface area contributed by atoms with Crippen LogP contribution in [0, 0.1) is 0 Å². The van der Waals surface area contributed by atoms with Gasteiger partial charge in [0.1, 0.15) is 0 Å². The molecule has 7 rings (SSSR count). The van der Waals surface area contributed by atoms with Crippen molar-refractivity contribution in [2.75, 3.05) is 0 Å². The van der Waals surface area contributed by atoms with Gasteiger partial charge in [0.15, 0.2) is 31.3 Å². The van der Waals surface area contributed by atoms with E-state index in [9.17, 15) is 4.79 Å². The van der Waals surface area contributed by atoms with Crippen LogP contribution in [-0.2, 0) is 13.1 Å². The minimum atomic E-state index is 0.113. The lowest BCUT2D eigenvalue weighted by Crippen LogP contribution is -2.37. The molecule has 38 heavy (non-hydrogen) atoms. The van der Waals surface area contributed by atoms with Gasteiger partial charge in [0.2, 0.25) is 12.3 Å². The van der Waals surface area contributed by atoms with Gasteiger partial charge in [-0.15, -0.1) is 0 Å². The van der Waals surface area contributed by atoms with Crippen LogP contribution in [0.1, 0.15) is 15.9 Å². The second-order valence-corrected chi connectivity index (χ2v) is 9.90. The molecular weight excluding hydrogens is 464 g/mol. The van der Waals surface area contributed by atoms with Crippen LogP contribution >= 0.6 is 0 Å². The van der Waals surface area contributed by atoms with Crippen molar-refractivity contribution < 1.29 is 13.9 Å². The molecule has 0 saturated heterocycles. The van der Waals surface area contributed by atoms with Gasteiger partial charge in [-0.05, 0) is 49.5 Å². The number of Topliss-reactive ketones (excluding diaryl/α,β-unsaturated/α-hetero) is 1. The molecule has 0 N–H and O–H groups in total. The summed E-state index contributed by atoms with van der Waals surface area (Å²) in [6.07, 6.45) is 8.21. The van der Waals surface area contributed by atoms with Gasteiger partial charge in [-0.3, -0.25) is 4.79 Å². The zero-order valence-corrected chi connectivity index (χ0v) is 20.9. The van der Waals surface area contributed by atoms with Crippen LogP contribution in [0.5, 0.6) is 0 Å². The summed E-state index contributed by atoms with van der Waals surface area (Å²) < 4.78 is 4.14. The number of carbonyl (C=O) groups is 1. The van der Waals surface area contributed by atoms with E-state index in [0.29, 0.717) is 6.54 Å². The van der Waals surface area contributed by atoms with Crippen molar-refractivity contribution >= 4 is 38.1 Å². The van der Waals surface area contributed by atoms with Gasteiger partial charge in [0, 0.05) is 35.4 Å². The average Bonchev–Trinajstić information content (AvgIpc) is 2.97. The van der Waals surface area contributed by atoms with E-state index in [4.69, 9.17) is 0 Å². The van der Waals surface area contributed by atoms with Gasteiger partial charge in [0.05, 0.1) is 0 Å². The molecule has 0 radical (unpaired) electrons. The molecule has 0 bridgehead atoms. The van der Waals surface area contributed by atoms with E-state index >= 15 is 0 Å². The summed E-state index contributed by atoms with van der Waals surface area (Å²) in [5.41, 5.74) is 4.33. The van der Waals surface area contributed by atoms with Gasteiger partial charge >= 0.3 is 0 Å². The maximum atomic E-state index is 13.5. The summed E-state index contributed by atoms with van der Waals surface area (Å²) in [4.78, 5) is 13.5. The van der Waals surface area contributed by atoms with E-state index < -0.39 is 0 Å². The largest absolute Gasteiger partial charge is 0.287 e. The fraction of sp³-hybridized carbons (Fsp3) is 0.0571. The van der Waals surface area contributed by atoms with Gasteiger partial charge in [0.25, 0.3) is 0 Å². The number of rotatable bonds is 6. The van der Waals surface area contributed by atoms with Crippen molar-refractivity contribution in [2.24, 2.45) is 0 Å². The second-order valence-electron chi connectivity index (χ2n) is 9.90. The van der Waals surface area contributed by atoms with Crippen LogP contribution in [0.3, 0.4) is 0 Å². The zero-order valence-electron chi connectivity index (χ0n) is 20.9. The maximum absolute atomic E-state index is 13.5. The summed E-state index contributed by atoms with van der Waals surface area (Å²) in [6.45, 7) is 1.15. The fourth-order valence-electron chi connectivity index (χ4n) is 5.53. The fourth-order valence-corrected chi connectivity index (χ4v) is 5.53. The smallest absolute Gasteiger partial charge is 0.228 e. The number of aromatic nitrogens is 2. The third-order valence-corrected chi connectivity index (χ3v) is 7.48. The first-order chi connectivity index (χ1) is 18.7. The lowest BCUT2D eigenvalue weighted by molar-refractivity contribution is -0.688. The predicted molar refractivity (Wildman–Crippen MR) is 152 cm³/mol. The van der Waals surface area contributed by atoms with Crippen LogP contribution in [0.4, 0.5) is 0 Å². The molecule has 0 unspecified atom stereocenters. The van der Waals surface area contributed by atoms with E-state index in [1.807, 2.05) is 29.1 Å². The highest BCUT2D eigenvalue weighted by Crippen LogP contribution is 2.36. The van der Waals surface area contributed by atoms with Crippen molar-refractivity contribution in [1.82, 2.24) is 0 Å². The molecule has 0 saturated carbocycles. The Balaban J connectivity index is 1.13. The zero-order chi connectivity index (χ0) is 25.5. The number of benzene rings is 5. The first kappa shape index (κ1) is 22.3. The quantitative estimate of drug-likeness (QED) is 0.144. The molecular formula is C35H26N2O+2. The van der Waals surface area contributed by atoms with Crippen LogP contribution in [0.2, 0.25) is 0 Å². The summed E-state index contributed by atoms with van der Waals surface area (Å²) in [5.74, 6) is 0.113. The predicted octanol–water partition coefficient (Wildman–Crippen LogP) is 6.76. The Morgan fingerprint density at radius 1 is 0.526 bits per heavy atom. The lowest BCUT2D eigenvalue weighted by atomic mass is 9.91. The minimum absolute atomic E-state index is 0.113. The van der Waals surface area contributed by atoms with Gasteiger partial charge in [-0.2, -0.15) is 4.57 Å². The van der Waals surface area contributed by atoms with Gasteiger partial charge < -0.3 is 0 Å². The van der Waals surface area contributed by atoms with Crippen LogP contribution in [0.25, 0.3) is 43.4 Å². The molecule has 3 heteroatoms. The second kappa shape index (κ2) is 9.20. The molecule has 5 aromatic carbocycles. The summed E-state index contributed by atoms with van der Waals surface area (Å²) in [5, 5.41) is 7.04. The first-order valence-corrected chi connectivity index (χ1v) is 13.0. The Labute approximate surface area is 221 Å². The van der Waals surface area contributed by atoms with Crippen LogP contribution in [-0.4, -0.2) is 5.78 Å². The molecule has 0 aliphatic rings. The summed E-state index contributed by atoms with van der Waals surface area (Å²) >= 11 is 0. The highest BCUT2D eigenvalue weighted by atomic mass is 16.1. The molecule has 7 aromatic rings. The van der Waals surface area contributed by atoms with E-state index in [1.165, 1.54) is 32.5 Å². The van der Waals surface area contributed by atoms with E-state index in [-0.39, 0.29) is 5.78 Å². The number of ketones is 1. The standard InChI is InChI=1S/C35H26N2O/c38-33(31-13-11-30-10-9-28-7-4-8-29-12-14-32(31)35(30)34(28)29)24-37-21-17-27(18-22-37)26-15-19-36(20-16-26)23-25-5-2-1-3-6-25/h1-22H,23-24H2/q+2. The van der Waals surface area contributed by atoms with Crippen molar-refractivity contribution in [1.29, 1.82) is 0 Å². The number of nitrogens with zero attached hydrogens (tertiary/aromatic N) is 2. The number of hydrogen-bond acceptors (Lipinski definition) is 1. The highest BCUT2D eigenvalue weighted by molar-refractivity contribution is 6.26. The van der Waals surface area contributed by atoms with Crippen LogP contribution < -0.4 is 9.13 Å². The Hall–Kier alpha value is -4.89. The molecule has 0 spiro atoms. The Morgan fingerprint density at radius 2 is 1.11 bits per heavy atom. The number of carbonyl (C=O) groups excluding carboxylic acids is 1. The van der Waals surface area contributed by atoms with Gasteiger partial charge in [-0.1, -0.05) is 78.9 Å². The summed E-state index contributed by atoms with van der Waals surface area (Å²) in [7, 11) is 0. The molecule has 2 aromatic heterocycles. The van der Waals surface area contributed by atoms with Crippen molar-refractivity contribution in [3.8, 4) is 11.1 Å². The SMILES string of the molecule is O=C(C[n+]1ccc(-c2cc[n+](Cc3ccccc3)cc2)cc1)c1ccc2ccc3cccc4ccc1c2c34. The molecule has 2 heterocycles. The summed E-state index contributed by atoms with van der Waals surface area (Å²) in [6, 6.07) is 37.9. The first-order valence-electron chi connectivity index (χ1n) is 13.0. The Morgan fingerprint density at radius 3 is 1.79 bits per heavy atom. The normalized spacial score (nSPS) is 11.5. The van der Waals surface area contributed by atoms with Crippen molar-refractivity contribution in [3.63, 3.8) is 0 Å². The topological polar surface area (TPSA) is 24.8 Å². The molecule has 0 aliphatic carbocycles. The monoisotopic (exact) mass is 490 g/mol. The van der Waals surface area contributed by atoms with Gasteiger partial charge in [-0.25, -0.2) is 4.57 Å². The van der Waals surface area contributed by atoms with E-state index in [0.717, 1.165) is 28.6 Å². The molecule has 0 atom stereocenters. The third-order valence-electron chi connectivity index (χ3n) is 7.48. The van der Waals surface area contributed by atoms with Crippen molar-refractivity contribution in [2.45, 2.75) is 13.1 Å². The molecule has 180 valence electrons. The highest BCUT2D eigenvalue weighted by Gasteiger charge is 2.18.